The summed E-state index contributed by atoms with van der Waals surface area (Å²) in [5.74, 6) is 0.183. The van der Waals surface area contributed by atoms with Gasteiger partial charge in [0.25, 0.3) is 0 Å². The second-order valence-corrected chi connectivity index (χ2v) is 7.43. The van der Waals surface area contributed by atoms with Crippen LogP contribution in [0.3, 0.4) is 0 Å². The van der Waals surface area contributed by atoms with Crippen molar-refractivity contribution in [1.29, 1.82) is 0 Å². The fourth-order valence-electron chi connectivity index (χ4n) is 3.72. The number of hydrogen-bond acceptors (Lipinski definition) is 5. The van der Waals surface area contributed by atoms with Crippen LogP contribution in [0.15, 0.2) is 85.7 Å². The zero-order valence-corrected chi connectivity index (χ0v) is 17.5. The normalized spacial score (nSPS) is 11.8. The Morgan fingerprint density at radius 1 is 0.774 bits per heavy atom. The zero-order chi connectivity index (χ0) is 21.5. The van der Waals surface area contributed by atoms with E-state index in [1.807, 2.05) is 36.4 Å². The van der Waals surface area contributed by atoms with Crippen LogP contribution < -0.4 is 0 Å². The maximum atomic E-state index is 13.0. The topological polar surface area (TPSA) is 68.6 Å². The van der Waals surface area contributed by atoms with Crippen molar-refractivity contribution in [2.75, 3.05) is 0 Å². The fourth-order valence-corrected chi connectivity index (χ4v) is 3.72. The first kappa shape index (κ1) is 20.5. The Morgan fingerprint density at radius 3 is 1.81 bits per heavy atom. The minimum atomic E-state index is -0.0882. The maximum absolute atomic E-state index is 13.0. The van der Waals surface area contributed by atoms with E-state index in [2.05, 4.69) is 39.0 Å². The van der Waals surface area contributed by atoms with Gasteiger partial charge >= 0.3 is 0 Å². The van der Waals surface area contributed by atoms with Gasteiger partial charge in [0, 0.05) is 48.3 Å². The lowest BCUT2D eigenvalue weighted by atomic mass is 9.88. The molecule has 5 nitrogen and oxygen atoms in total. The van der Waals surface area contributed by atoms with E-state index in [1.165, 1.54) is 0 Å². The fraction of sp³-hybridized carbons (Fsp3) is 0.192. The highest BCUT2D eigenvalue weighted by atomic mass is 16.1. The van der Waals surface area contributed by atoms with Gasteiger partial charge in [0.05, 0.1) is 23.8 Å². The molecule has 0 radical (unpaired) electrons. The van der Waals surface area contributed by atoms with Gasteiger partial charge in [-0.1, -0.05) is 55.5 Å². The van der Waals surface area contributed by atoms with Crippen LogP contribution in [0.4, 0.5) is 0 Å². The molecule has 2 aromatic heterocycles. The number of aryl methyl sites for hydroxylation is 1. The summed E-state index contributed by atoms with van der Waals surface area (Å²) in [4.78, 5) is 29.8. The van der Waals surface area contributed by atoms with E-state index < -0.39 is 0 Å². The van der Waals surface area contributed by atoms with Crippen LogP contribution in [0.1, 0.15) is 36.8 Å². The number of carbonyl (C=O) groups excluding carboxylic acids is 1. The van der Waals surface area contributed by atoms with Crippen LogP contribution in [0.25, 0.3) is 22.5 Å². The number of Topliss-reactive ketones (excluding diaryl/α,β-unsaturated/α-hetero) is 1. The van der Waals surface area contributed by atoms with Crippen LogP contribution in [0.5, 0.6) is 0 Å². The quantitative estimate of drug-likeness (QED) is 0.396. The number of hydrogen-bond donors (Lipinski definition) is 0. The summed E-state index contributed by atoms with van der Waals surface area (Å²) in [5, 5.41) is 0. The Labute approximate surface area is 182 Å². The van der Waals surface area contributed by atoms with E-state index in [0.717, 1.165) is 46.5 Å². The van der Waals surface area contributed by atoms with Crippen molar-refractivity contribution in [1.82, 2.24) is 19.9 Å². The average molecular weight is 409 g/mol. The van der Waals surface area contributed by atoms with E-state index in [0.29, 0.717) is 6.42 Å². The first-order valence-corrected chi connectivity index (χ1v) is 10.5. The predicted molar refractivity (Wildman–Crippen MR) is 121 cm³/mol. The Bertz CT molecular complexity index is 1110. The summed E-state index contributed by atoms with van der Waals surface area (Å²) < 4.78 is 0. The molecule has 0 aliphatic rings. The summed E-state index contributed by atoms with van der Waals surface area (Å²) in [6, 6.07) is 16.3. The third kappa shape index (κ3) is 5.07. The van der Waals surface area contributed by atoms with E-state index >= 15 is 0 Å². The average Bonchev–Trinajstić information content (AvgIpc) is 2.85. The summed E-state index contributed by atoms with van der Waals surface area (Å²) in [5.41, 5.74) is 5.91. The SMILES string of the molecule is CCC(C(=O)CCc1ccc(-c2cnccn2)cc1)c1ccc(-c2cnccn2)cc1. The molecule has 0 saturated heterocycles. The van der Waals surface area contributed by atoms with Crippen LogP contribution in [0, 0.1) is 0 Å². The Kier molecular flexibility index (Phi) is 6.53. The number of ketones is 1. The highest BCUT2D eigenvalue weighted by molar-refractivity contribution is 5.86. The number of nitrogens with zero attached hydrogens (tertiary/aromatic N) is 4. The molecule has 0 amide bonds. The van der Waals surface area contributed by atoms with Gasteiger partial charge in [0.2, 0.25) is 0 Å². The lowest BCUT2D eigenvalue weighted by molar-refractivity contribution is -0.120. The molecule has 0 N–H and O–H groups in total. The molecular formula is C26H24N4O. The first-order chi connectivity index (χ1) is 15.2. The van der Waals surface area contributed by atoms with Crippen molar-refractivity contribution in [2.24, 2.45) is 0 Å². The molecule has 2 heterocycles. The van der Waals surface area contributed by atoms with Gasteiger partial charge in [0.1, 0.15) is 5.78 Å². The van der Waals surface area contributed by atoms with Crippen molar-refractivity contribution < 1.29 is 4.79 Å². The van der Waals surface area contributed by atoms with Gasteiger partial charge in [0.15, 0.2) is 0 Å². The molecule has 0 bridgehead atoms. The molecule has 154 valence electrons. The second kappa shape index (κ2) is 9.85. The van der Waals surface area contributed by atoms with Gasteiger partial charge in [-0.05, 0) is 24.0 Å². The van der Waals surface area contributed by atoms with Crippen LogP contribution in [0.2, 0.25) is 0 Å². The van der Waals surface area contributed by atoms with Gasteiger partial charge in [-0.25, -0.2) is 0 Å². The smallest absolute Gasteiger partial charge is 0.140 e. The van der Waals surface area contributed by atoms with Gasteiger partial charge in [-0.3, -0.25) is 24.7 Å². The second-order valence-electron chi connectivity index (χ2n) is 7.43. The first-order valence-electron chi connectivity index (χ1n) is 10.5. The van der Waals surface area contributed by atoms with E-state index in [4.69, 9.17) is 0 Å². The van der Waals surface area contributed by atoms with Crippen molar-refractivity contribution in [3.05, 3.63) is 96.8 Å². The van der Waals surface area contributed by atoms with Crippen molar-refractivity contribution in [2.45, 2.75) is 32.1 Å². The lowest BCUT2D eigenvalue weighted by Gasteiger charge is -2.15. The van der Waals surface area contributed by atoms with E-state index in [1.54, 1.807) is 37.2 Å². The molecule has 4 aromatic rings. The largest absolute Gasteiger partial charge is 0.299 e. The third-order valence-corrected chi connectivity index (χ3v) is 5.44. The maximum Gasteiger partial charge on any atom is 0.140 e. The third-order valence-electron chi connectivity index (χ3n) is 5.44. The lowest BCUT2D eigenvalue weighted by Crippen LogP contribution is -2.12. The summed E-state index contributed by atoms with van der Waals surface area (Å²) in [6.45, 7) is 2.06. The number of aromatic nitrogens is 4. The summed E-state index contributed by atoms with van der Waals surface area (Å²) >= 11 is 0. The molecule has 0 fully saturated rings. The summed E-state index contributed by atoms with van der Waals surface area (Å²) in [6.07, 6.45) is 12.2. The predicted octanol–water partition coefficient (Wildman–Crippen LogP) is 5.30. The number of carbonyl (C=O) groups is 1. The molecule has 31 heavy (non-hydrogen) atoms. The van der Waals surface area contributed by atoms with Crippen molar-refractivity contribution in [3.8, 4) is 22.5 Å². The molecule has 5 heteroatoms. The van der Waals surface area contributed by atoms with Crippen LogP contribution in [-0.4, -0.2) is 25.7 Å². The van der Waals surface area contributed by atoms with Crippen molar-refractivity contribution >= 4 is 5.78 Å². The summed E-state index contributed by atoms with van der Waals surface area (Å²) in [7, 11) is 0. The highest BCUT2D eigenvalue weighted by Crippen LogP contribution is 2.26. The molecule has 4 rings (SSSR count). The zero-order valence-electron chi connectivity index (χ0n) is 17.5. The molecule has 1 unspecified atom stereocenters. The van der Waals surface area contributed by atoms with Gasteiger partial charge in [-0.15, -0.1) is 0 Å². The van der Waals surface area contributed by atoms with Gasteiger partial charge in [-0.2, -0.15) is 0 Å². The molecular weight excluding hydrogens is 384 g/mol. The standard InChI is InChI=1S/C26H24N4O/c1-2-23(20-8-10-22(11-9-20)25-18-28-14-16-30-25)26(31)12-5-19-3-6-21(7-4-19)24-17-27-13-15-29-24/h3-4,6-11,13-18,23H,2,5,12H2,1H3. The molecule has 0 aliphatic heterocycles. The minimum Gasteiger partial charge on any atom is -0.299 e. The molecule has 0 saturated carbocycles. The van der Waals surface area contributed by atoms with E-state index in [9.17, 15) is 4.79 Å². The number of benzene rings is 2. The molecule has 2 aromatic carbocycles. The minimum absolute atomic E-state index is 0.0882. The molecule has 0 aliphatic carbocycles. The Morgan fingerprint density at radius 2 is 1.32 bits per heavy atom. The van der Waals surface area contributed by atoms with Gasteiger partial charge < -0.3 is 0 Å². The van der Waals surface area contributed by atoms with Crippen LogP contribution in [-0.2, 0) is 11.2 Å². The monoisotopic (exact) mass is 408 g/mol. The highest BCUT2D eigenvalue weighted by Gasteiger charge is 2.18. The van der Waals surface area contributed by atoms with E-state index in [-0.39, 0.29) is 11.7 Å². The molecule has 1 atom stereocenters. The molecule has 0 spiro atoms. The van der Waals surface area contributed by atoms with Crippen molar-refractivity contribution in [3.63, 3.8) is 0 Å². The Hall–Kier alpha value is -3.73. The number of rotatable bonds is 8. The Balaban J connectivity index is 1.39. The van der Waals surface area contributed by atoms with Crippen LogP contribution >= 0.6 is 0 Å².